The zero-order valence-electron chi connectivity index (χ0n) is 18.3. The molecular formula is C23H27N3O6. The van der Waals surface area contributed by atoms with Crippen molar-refractivity contribution < 1.29 is 29.0 Å². The van der Waals surface area contributed by atoms with Crippen LogP contribution in [0.2, 0.25) is 0 Å². The lowest BCUT2D eigenvalue weighted by molar-refractivity contribution is -0.164. The number of morpholine rings is 1. The van der Waals surface area contributed by atoms with E-state index in [0.717, 1.165) is 5.56 Å². The van der Waals surface area contributed by atoms with Gasteiger partial charge >= 0.3 is 0 Å². The second-order valence-corrected chi connectivity index (χ2v) is 7.60. The third kappa shape index (κ3) is 5.24. The number of rotatable bonds is 7. The highest BCUT2D eigenvalue weighted by atomic mass is 16.5. The van der Waals surface area contributed by atoms with Gasteiger partial charge in [-0.25, -0.2) is 0 Å². The molecule has 9 heteroatoms. The van der Waals surface area contributed by atoms with E-state index >= 15 is 0 Å². The lowest BCUT2D eigenvalue weighted by Crippen LogP contribution is -2.55. The van der Waals surface area contributed by atoms with Crippen molar-refractivity contribution >= 4 is 23.4 Å². The number of benzene rings is 2. The Balaban J connectivity index is 1.71. The fourth-order valence-corrected chi connectivity index (χ4v) is 3.41. The number of carbonyl (C=O) groups is 3. The number of aliphatic hydroxyl groups is 1. The third-order valence-electron chi connectivity index (χ3n) is 5.30. The van der Waals surface area contributed by atoms with Gasteiger partial charge in [0.2, 0.25) is 11.8 Å². The van der Waals surface area contributed by atoms with Crippen molar-refractivity contribution in [3.8, 4) is 5.75 Å². The molecule has 2 unspecified atom stereocenters. The van der Waals surface area contributed by atoms with Gasteiger partial charge in [0.15, 0.2) is 0 Å². The number of hydrogen-bond donors (Lipinski definition) is 2. The molecule has 2 N–H and O–H groups in total. The molecule has 0 spiro atoms. The molecule has 2 aromatic carbocycles. The van der Waals surface area contributed by atoms with Gasteiger partial charge in [-0.1, -0.05) is 12.1 Å². The average Bonchev–Trinajstić information content (AvgIpc) is 2.80. The second-order valence-electron chi connectivity index (χ2n) is 7.60. The number of aliphatic hydroxyl groups excluding tert-OH is 1. The molecule has 32 heavy (non-hydrogen) atoms. The summed E-state index contributed by atoms with van der Waals surface area (Å²) < 4.78 is 10.8. The summed E-state index contributed by atoms with van der Waals surface area (Å²) >= 11 is 0. The zero-order chi connectivity index (χ0) is 23.3. The van der Waals surface area contributed by atoms with Gasteiger partial charge in [0.05, 0.1) is 19.8 Å². The van der Waals surface area contributed by atoms with E-state index < -0.39 is 12.1 Å². The van der Waals surface area contributed by atoms with Crippen molar-refractivity contribution in [2.45, 2.75) is 12.1 Å². The molecule has 0 radical (unpaired) electrons. The molecule has 2 aromatic rings. The van der Waals surface area contributed by atoms with Crippen molar-refractivity contribution in [1.29, 1.82) is 0 Å². The molecule has 1 aliphatic heterocycles. The van der Waals surface area contributed by atoms with Crippen LogP contribution in [0.4, 0.5) is 5.69 Å². The molecule has 170 valence electrons. The van der Waals surface area contributed by atoms with Crippen LogP contribution < -0.4 is 10.1 Å². The topological polar surface area (TPSA) is 108 Å². The number of carbonyl (C=O) groups excluding carboxylic acids is 3. The van der Waals surface area contributed by atoms with Crippen molar-refractivity contribution in [2.75, 3.05) is 46.3 Å². The minimum absolute atomic E-state index is 0.132. The van der Waals surface area contributed by atoms with E-state index in [1.807, 2.05) is 0 Å². The van der Waals surface area contributed by atoms with Crippen LogP contribution in [-0.4, -0.2) is 79.6 Å². The minimum Gasteiger partial charge on any atom is -0.497 e. The summed E-state index contributed by atoms with van der Waals surface area (Å²) in [6, 6.07) is 13.0. The van der Waals surface area contributed by atoms with E-state index in [-0.39, 0.29) is 37.5 Å². The fraction of sp³-hybridized carbons (Fsp3) is 0.348. The molecule has 1 aliphatic rings. The summed E-state index contributed by atoms with van der Waals surface area (Å²) in [4.78, 5) is 39.6. The van der Waals surface area contributed by atoms with Crippen molar-refractivity contribution in [2.24, 2.45) is 0 Å². The monoisotopic (exact) mass is 441 g/mol. The molecule has 0 aromatic heterocycles. The number of likely N-dealkylation sites (N-methyl/N-ethyl adjacent to an activating group) is 1. The Morgan fingerprint density at radius 3 is 2.38 bits per heavy atom. The largest absolute Gasteiger partial charge is 0.497 e. The average molecular weight is 441 g/mol. The highest BCUT2D eigenvalue weighted by Gasteiger charge is 2.38. The predicted octanol–water partition coefficient (Wildman–Crippen LogP) is 1.30. The van der Waals surface area contributed by atoms with E-state index in [2.05, 4.69) is 5.32 Å². The Hall–Kier alpha value is -3.43. The van der Waals surface area contributed by atoms with Crippen molar-refractivity contribution in [1.82, 2.24) is 9.80 Å². The SMILES string of the molecule is COc1ccc(C(=O)Nc2ccc(C3OCC(=O)N(CC(=O)N(C)C)C3CO)cc2)cc1. The quantitative estimate of drug-likeness (QED) is 0.671. The Kier molecular flexibility index (Phi) is 7.45. The molecule has 2 atom stereocenters. The van der Waals surface area contributed by atoms with Crippen LogP contribution in [0.25, 0.3) is 0 Å². The fourth-order valence-electron chi connectivity index (χ4n) is 3.41. The van der Waals surface area contributed by atoms with E-state index in [9.17, 15) is 19.5 Å². The summed E-state index contributed by atoms with van der Waals surface area (Å²) in [7, 11) is 4.78. The highest BCUT2D eigenvalue weighted by molar-refractivity contribution is 6.04. The lowest BCUT2D eigenvalue weighted by Gasteiger charge is -2.40. The first-order valence-corrected chi connectivity index (χ1v) is 10.1. The van der Waals surface area contributed by atoms with Crippen LogP contribution in [0.5, 0.6) is 5.75 Å². The van der Waals surface area contributed by atoms with Gasteiger partial charge in [0.25, 0.3) is 5.91 Å². The van der Waals surface area contributed by atoms with Crippen LogP contribution in [0.1, 0.15) is 22.0 Å². The molecule has 1 heterocycles. The Bertz CT molecular complexity index is 959. The van der Waals surface area contributed by atoms with E-state index in [1.165, 1.54) is 9.80 Å². The number of nitrogens with zero attached hydrogens (tertiary/aromatic N) is 2. The van der Waals surface area contributed by atoms with E-state index in [4.69, 9.17) is 9.47 Å². The van der Waals surface area contributed by atoms with Gasteiger partial charge in [-0.15, -0.1) is 0 Å². The van der Waals surface area contributed by atoms with Crippen LogP contribution in [0, 0.1) is 0 Å². The van der Waals surface area contributed by atoms with Gasteiger partial charge in [-0.05, 0) is 42.0 Å². The van der Waals surface area contributed by atoms with Gasteiger partial charge in [0.1, 0.15) is 25.0 Å². The molecule has 0 aliphatic carbocycles. The standard InChI is InChI=1S/C23H27N3O6/c1-25(2)20(28)12-26-19(13-27)22(32-14-21(26)29)15-4-8-17(9-5-15)24-23(30)16-6-10-18(31-3)11-7-16/h4-11,19,22,27H,12-14H2,1-3H3,(H,24,30). The molecule has 3 amide bonds. The normalized spacial score (nSPS) is 18.2. The number of ether oxygens (including phenoxy) is 2. The maximum Gasteiger partial charge on any atom is 0.255 e. The van der Waals surface area contributed by atoms with Crippen molar-refractivity contribution in [3.63, 3.8) is 0 Å². The first-order valence-electron chi connectivity index (χ1n) is 10.1. The van der Waals surface area contributed by atoms with Gasteiger partial charge in [-0.2, -0.15) is 0 Å². The summed E-state index contributed by atoms with van der Waals surface area (Å²) in [6.07, 6.45) is -0.598. The number of amides is 3. The van der Waals surface area contributed by atoms with Crippen LogP contribution in [0.15, 0.2) is 48.5 Å². The first kappa shape index (κ1) is 23.2. The number of methoxy groups -OCH3 is 1. The molecule has 0 saturated carbocycles. The first-order chi connectivity index (χ1) is 15.3. The molecule has 3 rings (SSSR count). The summed E-state index contributed by atoms with van der Waals surface area (Å²) in [6.45, 7) is -0.669. The second kappa shape index (κ2) is 10.3. The highest BCUT2D eigenvalue weighted by Crippen LogP contribution is 2.30. The smallest absolute Gasteiger partial charge is 0.255 e. The Morgan fingerprint density at radius 1 is 1.16 bits per heavy atom. The number of nitrogens with one attached hydrogen (secondary N) is 1. The van der Waals surface area contributed by atoms with Gasteiger partial charge < -0.3 is 29.7 Å². The Morgan fingerprint density at radius 2 is 1.81 bits per heavy atom. The summed E-state index contributed by atoms with van der Waals surface area (Å²) in [5, 5.41) is 12.8. The molecular weight excluding hydrogens is 414 g/mol. The van der Waals surface area contributed by atoms with Gasteiger partial charge in [0, 0.05) is 25.3 Å². The van der Waals surface area contributed by atoms with Crippen LogP contribution in [-0.2, 0) is 14.3 Å². The molecule has 1 saturated heterocycles. The molecule has 0 bridgehead atoms. The van der Waals surface area contributed by atoms with Crippen LogP contribution in [0.3, 0.4) is 0 Å². The number of hydrogen-bond acceptors (Lipinski definition) is 6. The van der Waals surface area contributed by atoms with E-state index in [0.29, 0.717) is 17.0 Å². The summed E-state index contributed by atoms with van der Waals surface area (Å²) in [5.41, 5.74) is 1.80. The Labute approximate surface area is 186 Å². The predicted molar refractivity (Wildman–Crippen MR) is 117 cm³/mol. The van der Waals surface area contributed by atoms with Crippen LogP contribution >= 0.6 is 0 Å². The number of anilines is 1. The van der Waals surface area contributed by atoms with E-state index in [1.54, 1.807) is 69.7 Å². The van der Waals surface area contributed by atoms with Crippen molar-refractivity contribution in [3.05, 3.63) is 59.7 Å². The third-order valence-corrected chi connectivity index (χ3v) is 5.30. The molecule has 1 fully saturated rings. The lowest BCUT2D eigenvalue weighted by atomic mass is 9.99. The maximum absolute atomic E-state index is 12.4. The zero-order valence-corrected chi connectivity index (χ0v) is 18.3. The van der Waals surface area contributed by atoms with Gasteiger partial charge in [-0.3, -0.25) is 14.4 Å². The maximum atomic E-state index is 12.4. The molecule has 9 nitrogen and oxygen atoms in total. The minimum atomic E-state index is -0.695. The summed E-state index contributed by atoms with van der Waals surface area (Å²) in [5.74, 6) is -0.189.